The van der Waals surface area contributed by atoms with Crippen LogP contribution in [0, 0.1) is 0 Å². The van der Waals surface area contributed by atoms with Gasteiger partial charge in [0, 0.05) is 82.2 Å². The fourth-order valence-electron chi connectivity index (χ4n) is 5.67. The second-order valence-electron chi connectivity index (χ2n) is 11.0. The number of anilines is 2. The highest BCUT2D eigenvalue weighted by Gasteiger charge is 2.25. The zero-order chi connectivity index (χ0) is 27.7. The van der Waals surface area contributed by atoms with E-state index >= 15 is 0 Å². The molecule has 10 heteroatoms. The summed E-state index contributed by atoms with van der Waals surface area (Å²) in [5, 5.41) is 3.54. The Morgan fingerprint density at radius 2 is 1.77 bits per heavy atom. The van der Waals surface area contributed by atoms with Crippen LogP contribution in [0.4, 0.5) is 23.0 Å². The summed E-state index contributed by atoms with van der Waals surface area (Å²) in [6.07, 6.45) is 10.7. The average molecular weight is 549 g/mol. The number of aliphatic imine (C=N–C) groups is 2. The van der Waals surface area contributed by atoms with Crippen LogP contribution < -0.4 is 15.0 Å². The van der Waals surface area contributed by atoms with Crippen molar-refractivity contribution in [3.05, 3.63) is 30.1 Å². The summed E-state index contributed by atoms with van der Waals surface area (Å²) in [4.78, 5) is 25.3. The van der Waals surface area contributed by atoms with Crippen LogP contribution >= 0.6 is 0 Å². The highest BCUT2D eigenvalue weighted by Crippen LogP contribution is 2.43. The van der Waals surface area contributed by atoms with E-state index in [1.807, 2.05) is 19.3 Å². The van der Waals surface area contributed by atoms with E-state index in [1.165, 1.54) is 5.56 Å². The first-order chi connectivity index (χ1) is 19.6. The molecule has 3 heterocycles. The van der Waals surface area contributed by atoms with Crippen LogP contribution in [0.3, 0.4) is 0 Å². The van der Waals surface area contributed by atoms with Crippen LogP contribution in [0.1, 0.15) is 38.2 Å². The summed E-state index contributed by atoms with van der Waals surface area (Å²) in [7, 11) is 2.19. The molecule has 1 aromatic carbocycles. The molecule has 1 saturated carbocycles. The van der Waals surface area contributed by atoms with Gasteiger partial charge in [-0.1, -0.05) is 0 Å². The zero-order valence-corrected chi connectivity index (χ0v) is 24.1. The Hall–Kier alpha value is -3.08. The largest absolute Gasteiger partial charge is 0.488 e. The molecule has 0 amide bonds. The molecule has 2 saturated heterocycles. The van der Waals surface area contributed by atoms with Crippen molar-refractivity contribution in [1.82, 2.24) is 19.8 Å². The lowest BCUT2D eigenvalue weighted by Crippen LogP contribution is -2.45. The Morgan fingerprint density at radius 1 is 1.05 bits per heavy atom. The van der Waals surface area contributed by atoms with Gasteiger partial charge in [0.25, 0.3) is 0 Å². The first kappa shape index (κ1) is 28.4. The zero-order valence-electron chi connectivity index (χ0n) is 24.1. The van der Waals surface area contributed by atoms with Gasteiger partial charge in [-0.05, 0) is 64.4 Å². The number of morpholine rings is 1. The summed E-state index contributed by atoms with van der Waals surface area (Å²) >= 11 is 0. The molecule has 0 unspecified atom stereocenters. The van der Waals surface area contributed by atoms with Crippen LogP contribution in [0.15, 0.2) is 34.5 Å². The van der Waals surface area contributed by atoms with Crippen molar-refractivity contribution in [2.24, 2.45) is 9.98 Å². The monoisotopic (exact) mass is 548 g/mol. The first-order valence-corrected chi connectivity index (χ1v) is 14.7. The molecule has 5 rings (SSSR count). The summed E-state index contributed by atoms with van der Waals surface area (Å²) < 4.78 is 12.1. The molecule has 1 aromatic heterocycles. The number of nitrogens with zero attached hydrogens (tertiary/aromatic N) is 7. The lowest BCUT2D eigenvalue weighted by Gasteiger charge is -2.32. The lowest BCUT2D eigenvalue weighted by atomic mass is 9.93. The molecule has 1 aliphatic carbocycles. The van der Waals surface area contributed by atoms with E-state index in [4.69, 9.17) is 9.47 Å². The number of piperazine rings is 1. The molecule has 0 atom stereocenters. The van der Waals surface area contributed by atoms with E-state index in [9.17, 15) is 0 Å². The van der Waals surface area contributed by atoms with E-state index in [-0.39, 0.29) is 6.10 Å². The standard InChI is InChI=1S/C30H44N8O2/c1-4-32-27-19-25(38-15-17-39-18-16-38)20-28(29(27)31-2)40-26-7-5-24(6-8-26)35-30-33-21-23(22-34-30)9-10-37-13-11-36(3)12-14-37/h4,19-22,24,26H,2,5-18H2,1,3H3,(H,33,34,35). The normalized spacial score (nSPS) is 22.9. The number of rotatable bonds is 10. The predicted molar refractivity (Wildman–Crippen MR) is 162 cm³/mol. The van der Waals surface area contributed by atoms with Crippen molar-refractivity contribution in [2.75, 3.05) is 76.3 Å². The van der Waals surface area contributed by atoms with E-state index in [0.29, 0.717) is 17.7 Å². The van der Waals surface area contributed by atoms with Gasteiger partial charge < -0.3 is 29.5 Å². The third kappa shape index (κ3) is 7.56. The van der Waals surface area contributed by atoms with Crippen LogP contribution in [0.2, 0.25) is 0 Å². The van der Waals surface area contributed by atoms with E-state index < -0.39 is 0 Å². The SMILES string of the molecule is C=Nc1c(N=CC)cc(N2CCOCC2)cc1OC1CCC(Nc2ncc(CCN3CCN(C)CC3)cn2)CC1. The summed E-state index contributed by atoms with van der Waals surface area (Å²) in [6, 6.07) is 4.50. The molecule has 2 aliphatic heterocycles. The number of ether oxygens (including phenoxy) is 2. The molecular weight excluding hydrogens is 504 g/mol. The number of benzene rings is 1. The Labute approximate surface area is 238 Å². The number of aromatic nitrogens is 2. The molecule has 3 aliphatic rings. The molecule has 0 radical (unpaired) electrons. The predicted octanol–water partition coefficient (Wildman–Crippen LogP) is 3.96. The van der Waals surface area contributed by atoms with Gasteiger partial charge in [0.05, 0.1) is 25.0 Å². The van der Waals surface area contributed by atoms with Gasteiger partial charge in [0.1, 0.15) is 11.4 Å². The average Bonchev–Trinajstić information content (AvgIpc) is 2.99. The summed E-state index contributed by atoms with van der Waals surface area (Å²) in [5.74, 6) is 1.47. The fraction of sp³-hybridized carbons (Fsp3) is 0.600. The second kappa shape index (κ2) is 14.0. The van der Waals surface area contributed by atoms with Crippen molar-refractivity contribution in [1.29, 1.82) is 0 Å². The molecule has 40 heavy (non-hydrogen) atoms. The maximum Gasteiger partial charge on any atom is 0.222 e. The van der Waals surface area contributed by atoms with Gasteiger partial charge in [0.15, 0.2) is 0 Å². The van der Waals surface area contributed by atoms with Gasteiger partial charge in [-0.15, -0.1) is 0 Å². The first-order valence-electron chi connectivity index (χ1n) is 14.7. The quantitative estimate of drug-likeness (QED) is 0.447. The van der Waals surface area contributed by atoms with Crippen LogP contribution in [-0.2, 0) is 11.2 Å². The molecule has 2 aromatic rings. The minimum Gasteiger partial charge on any atom is -0.488 e. The fourth-order valence-corrected chi connectivity index (χ4v) is 5.67. The maximum absolute atomic E-state index is 6.56. The third-order valence-electron chi connectivity index (χ3n) is 8.16. The van der Waals surface area contributed by atoms with Gasteiger partial charge in [0.2, 0.25) is 5.95 Å². The van der Waals surface area contributed by atoms with E-state index in [0.717, 1.165) is 108 Å². The third-order valence-corrected chi connectivity index (χ3v) is 8.16. The minimum atomic E-state index is 0.120. The molecular formula is C30H44N8O2. The smallest absolute Gasteiger partial charge is 0.222 e. The van der Waals surface area contributed by atoms with Gasteiger partial charge in [-0.2, -0.15) is 0 Å². The highest BCUT2D eigenvalue weighted by atomic mass is 16.5. The Kier molecular flexibility index (Phi) is 9.96. The van der Waals surface area contributed by atoms with Gasteiger partial charge in [-0.25, -0.2) is 9.97 Å². The highest BCUT2D eigenvalue weighted by molar-refractivity contribution is 5.80. The van der Waals surface area contributed by atoms with Crippen molar-refractivity contribution >= 4 is 35.9 Å². The minimum absolute atomic E-state index is 0.120. The van der Waals surface area contributed by atoms with Gasteiger partial charge >= 0.3 is 0 Å². The topological polar surface area (TPSA) is 90.7 Å². The molecule has 3 fully saturated rings. The molecule has 10 nitrogen and oxygen atoms in total. The van der Waals surface area contributed by atoms with Crippen molar-refractivity contribution in [2.45, 2.75) is 51.2 Å². The molecule has 0 spiro atoms. The van der Waals surface area contributed by atoms with Crippen molar-refractivity contribution in [3.63, 3.8) is 0 Å². The molecule has 1 N–H and O–H groups in total. The van der Waals surface area contributed by atoms with Crippen molar-refractivity contribution < 1.29 is 9.47 Å². The Morgan fingerprint density at radius 3 is 2.45 bits per heavy atom. The lowest BCUT2D eigenvalue weighted by molar-refractivity contribution is 0.122. The van der Waals surface area contributed by atoms with Crippen molar-refractivity contribution in [3.8, 4) is 5.75 Å². The van der Waals surface area contributed by atoms with E-state index in [2.05, 4.69) is 65.9 Å². The molecule has 0 bridgehead atoms. The number of hydrogen-bond acceptors (Lipinski definition) is 10. The maximum atomic E-state index is 6.56. The number of likely N-dealkylation sites (N-methyl/N-ethyl adjacent to an activating group) is 1. The molecule has 216 valence electrons. The van der Waals surface area contributed by atoms with Gasteiger partial charge in [-0.3, -0.25) is 9.98 Å². The Balaban J connectivity index is 1.13. The second-order valence-corrected chi connectivity index (χ2v) is 11.0. The number of nitrogens with one attached hydrogen (secondary N) is 1. The Bertz CT molecular complexity index is 1120. The van der Waals surface area contributed by atoms with E-state index in [1.54, 1.807) is 6.21 Å². The van der Waals surface area contributed by atoms with Crippen LogP contribution in [-0.4, -0.2) is 111 Å². The van der Waals surface area contributed by atoms with Crippen LogP contribution in [0.5, 0.6) is 5.75 Å². The van der Waals surface area contributed by atoms with Crippen LogP contribution in [0.25, 0.3) is 0 Å². The summed E-state index contributed by atoms with van der Waals surface area (Å²) in [6.45, 7) is 14.5. The summed E-state index contributed by atoms with van der Waals surface area (Å²) in [5.41, 5.74) is 3.78. The number of hydrogen-bond donors (Lipinski definition) is 1.